The van der Waals surface area contributed by atoms with E-state index in [0.29, 0.717) is 60.0 Å². The standard InChI is InChI=1S/C45H39F6N3O10S/c46-44(47,48)43(61,45(49,50)51)27-14-16-28(17-15-27)54(65(62,63)31-9-3-1-4-10-31)24-8-23-52-38(57)13-5-2-6-22-53-41(58)35-12-7-11-34(40(35)42(59)60)39-32-20-18-29(55)25-36(32)64-37-26-30(56)19-21-33(37)39/h1,3-4,7,9-12,14-21,25-26,55,61H,2,5-6,8,13,22-24H2,(H,52,57)(H,53,58)(H,59,60). The molecule has 1 aliphatic carbocycles. The van der Waals surface area contributed by atoms with Crippen molar-refractivity contribution in [1.29, 1.82) is 0 Å². The third-order valence-corrected chi connectivity index (χ3v) is 12.3. The van der Waals surface area contributed by atoms with Gasteiger partial charge in [0.2, 0.25) is 5.91 Å². The first-order valence-corrected chi connectivity index (χ1v) is 21.2. The normalized spacial score (nSPS) is 12.3. The highest BCUT2D eigenvalue weighted by Crippen LogP contribution is 2.50. The Balaban J connectivity index is 1.04. The lowest BCUT2D eigenvalue weighted by atomic mass is 9.88. The minimum absolute atomic E-state index is 0.0309. The van der Waals surface area contributed by atoms with Crippen molar-refractivity contribution in [2.75, 3.05) is 23.9 Å². The molecule has 4 aromatic rings. The maximum atomic E-state index is 13.6. The molecule has 0 radical (unpaired) electrons. The van der Waals surface area contributed by atoms with Gasteiger partial charge in [-0.3, -0.25) is 18.7 Å². The quantitative estimate of drug-likeness (QED) is 0.0339. The summed E-state index contributed by atoms with van der Waals surface area (Å²) in [5, 5.41) is 36.0. The number of carbonyl (C=O) groups excluding carboxylic acids is 2. The number of aromatic hydroxyl groups is 1. The summed E-state index contributed by atoms with van der Waals surface area (Å²) in [5.41, 5.74) is -6.80. The molecule has 0 spiro atoms. The Morgan fingerprint density at radius 2 is 1.40 bits per heavy atom. The number of carboxylic acid groups (broad SMARTS) is 1. The molecule has 342 valence electrons. The van der Waals surface area contributed by atoms with Crippen molar-refractivity contribution in [1.82, 2.24) is 10.6 Å². The van der Waals surface area contributed by atoms with Gasteiger partial charge in [0.15, 0.2) is 5.43 Å². The zero-order chi connectivity index (χ0) is 47.3. The van der Waals surface area contributed by atoms with Crippen LogP contribution in [0.1, 0.15) is 58.4 Å². The summed E-state index contributed by atoms with van der Waals surface area (Å²) in [5.74, 6) is -2.48. The predicted octanol–water partition coefficient (Wildman–Crippen LogP) is 7.97. The number of phenols is 1. The number of halogens is 6. The smallest absolute Gasteiger partial charge is 0.430 e. The zero-order valence-corrected chi connectivity index (χ0v) is 34.7. The highest BCUT2D eigenvalue weighted by molar-refractivity contribution is 7.92. The highest BCUT2D eigenvalue weighted by atomic mass is 32.2. The molecule has 2 aliphatic rings. The van der Waals surface area contributed by atoms with Gasteiger partial charge in [0, 0.05) is 60.3 Å². The van der Waals surface area contributed by atoms with Crippen molar-refractivity contribution in [2.45, 2.75) is 55.0 Å². The molecule has 0 atom stereocenters. The van der Waals surface area contributed by atoms with Crippen LogP contribution in [0.3, 0.4) is 0 Å². The van der Waals surface area contributed by atoms with Crippen molar-refractivity contribution in [3.63, 3.8) is 0 Å². The average Bonchev–Trinajstić information content (AvgIpc) is 3.25. The Labute approximate surface area is 366 Å². The fourth-order valence-corrected chi connectivity index (χ4v) is 8.74. The van der Waals surface area contributed by atoms with E-state index in [1.807, 2.05) is 0 Å². The van der Waals surface area contributed by atoms with Gasteiger partial charge in [0.1, 0.15) is 17.1 Å². The van der Waals surface area contributed by atoms with E-state index >= 15 is 0 Å². The number of benzene rings is 5. The largest absolute Gasteiger partial charge is 0.508 e. The van der Waals surface area contributed by atoms with E-state index in [4.69, 9.17) is 4.42 Å². The second-order valence-corrected chi connectivity index (χ2v) is 16.6. The van der Waals surface area contributed by atoms with Crippen LogP contribution in [0, 0.1) is 0 Å². The molecule has 20 heteroatoms. The summed E-state index contributed by atoms with van der Waals surface area (Å²) in [4.78, 5) is 50.7. The summed E-state index contributed by atoms with van der Waals surface area (Å²) in [6.07, 6.45) is -11.1. The molecule has 0 unspecified atom stereocenters. The van der Waals surface area contributed by atoms with Crippen molar-refractivity contribution in [3.05, 3.63) is 136 Å². The molecule has 13 nitrogen and oxygen atoms in total. The number of carboxylic acids is 1. The van der Waals surface area contributed by atoms with E-state index < -0.39 is 51.3 Å². The van der Waals surface area contributed by atoms with Gasteiger partial charge in [-0.2, -0.15) is 26.3 Å². The number of aliphatic hydroxyl groups is 1. The zero-order valence-electron chi connectivity index (χ0n) is 33.9. The molecule has 0 fully saturated rings. The summed E-state index contributed by atoms with van der Waals surface area (Å²) in [6.45, 7) is -0.303. The van der Waals surface area contributed by atoms with Crippen molar-refractivity contribution < 1.29 is 68.9 Å². The minimum atomic E-state index is -6.15. The summed E-state index contributed by atoms with van der Waals surface area (Å²) in [6, 6.07) is 21.6. The molecule has 1 heterocycles. The molecule has 6 rings (SSSR count). The fourth-order valence-electron chi connectivity index (χ4n) is 7.22. The molecule has 0 bridgehead atoms. The molecule has 65 heavy (non-hydrogen) atoms. The van der Waals surface area contributed by atoms with Crippen LogP contribution in [0.5, 0.6) is 5.75 Å². The van der Waals surface area contributed by atoms with Crippen molar-refractivity contribution in [3.8, 4) is 28.2 Å². The van der Waals surface area contributed by atoms with Crippen LogP contribution in [0.4, 0.5) is 32.0 Å². The van der Waals surface area contributed by atoms with Crippen LogP contribution in [-0.2, 0) is 20.4 Å². The SMILES string of the molecule is O=C(CCCCCNC(=O)c1cccc(-c2c3ccc(=O)cc-3oc3cc(O)ccc23)c1C(=O)O)NCCCN(c1ccc(C(O)(C(F)(F)F)C(F)(F)F)cc1)S(=O)(=O)c1ccccc1. The average molecular weight is 928 g/mol. The maximum absolute atomic E-state index is 13.6. The number of hydrogen-bond donors (Lipinski definition) is 5. The van der Waals surface area contributed by atoms with Crippen molar-refractivity contribution in [2.24, 2.45) is 0 Å². The Morgan fingerprint density at radius 1 is 0.723 bits per heavy atom. The first-order valence-electron chi connectivity index (χ1n) is 19.8. The number of anilines is 1. The molecule has 5 N–H and O–H groups in total. The number of carbonyl (C=O) groups is 3. The molecule has 0 aromatic heterocycles. The van der Waals surface area contributed by atoms with Gasteiger partial charge in [0.25, 0.3) is 21.5 Å². The Bertz CT molecular complexity index is 2840. The van der Waals surface area contributed by atoms with E-state index in [0.717, 1.165) is 4.31 Å². The molecular formula is C45H39F6N3O10S. The first kappa shape index (κ1) is 47.5. The van der Waals surface area contributed by atoms with Gasteiger partial charge in [-0.25, -0.2) is 13.2 Å². The van der Waals surface area contributed by atoms with Gasteiger partial charge >= 0.3 is 18.3 Å². The summed E-state index contributed by atoms with van der Waals surface area (Å²) in [7, 11) is -4.41. The van der Waals surface area contributed by atoms with Crippen molar-refractivity contribution >= 4 is 44.5 Å². The number of fused-ring (bicyclic) bond motifs is 2. The third kappa shape index (κ3) is 10.1. The lowest BCUT2D eigenvalue weighted by molar-refractivity contribution is -0.376. The predicted molar refractivity (Wildman–Crippen MR) is 225 cm³/mol. The lowest BCUT2D eigenvalue weighted by Crippen LogP contribution is -2.53. The van der Waals surface area contributed by atoms with Crippen LogP contribution in [0.15, 0.2) is 123 Å². The monoisotopic (exact) mass is 927 g/mol. The topological polar surface area (TPSA) is 204 Å². The molecule has 0 saturated heterocycles. The number of amides is 2. The highest BCUT2D eigenvalue weighted by Gasteiger charge is 2.71. The second kappa shape index (κ2) is 19.0. The van der Waals surface area contributed by atoms with E-state index in [-0.39, 0.29) is 82.3 Å². The van der Waals surface area contributed by atoms with E-state index in [1.165, 1.54) is 84.9 Å². The number of nitrogens with zero attached hydrogens (tertiary/aromatic N) is 1. The van der Waals surface area contributed by atoms with Crippen LogP contribution >= 0.6 is 0 Å². The van der Waals surface area contributed by atoms with E-state index in [2.05, 4.69) is 10.6 Å². The minimum Gasteiger partial charge on any atom is -0.508 e. The summed E-state index contributed by atoms with van der Waals surface area (Å²) >= 11 is 0. The number of hydrogen-bond acceptors (Lipinski definition) is 9. The Hall–Kier alpha value is -6.93. The number of unbranched alkanes of at least 4 members (excludes halogenated alkanes) is 2. The van der Waals surface area contributed by atoms with Crippen LogP contribution in [0.2, 0.25) is 0 Å². The van der Waals surface area contributed by atoms with Gasteiger partial charge in [0.05, 0.1) is 21.7 Å². The number of sulfonamides is 1. The van der Waals surface area contributed by atoms with Gasteiger partial charge in [-0.1, -0.05) is 48.9 Å². The van der Waals surface area contributed by atoms with Crippen LogP contribution in [0.25, 0.3) is 33.4 Å². The fraction of sp³-hybridized carbons (Fsp3) is 0.244. The van der Waals surface area contributed by atoms with Crippen LogP contribution < -0.4 is 20.4 Å². The lowest BCUT2D eigenvalue weighted by Gasteiger charge is -2.33. The van der Waals surface area contributed by atoms with Gasteiger partial charge in [-0.15, -0.1) is 0 Å². The number of nitrogens with one attached hydrogen (secondary N) is 2. The molecule has 4 aromatic carbocycles. The number of phenolic OH excluding ortho intramolecular Hbond substituents is 1. The molecule has 0 saturated carbocycles. The van der Waals surface area contributed by atoms with E-state index in [9.17, 15) is 69.3 Å². The molecule has 2 amide bonds. The second-order valence-electron chi connectivity index (χ2n) is 14.8. The molecule has 1 aliphatic heterocycles. The maximum Gasteiger partial charge on any atom is 0.430 e. The number of aromatic carboxylic acids is 1. The molecular weight excluding hydrogens is 889 g/mol. The number of alkyl halides is 6. The summed E-state index contributed by atoms with van der Waals surface area (Å²) < 4.78 is 115. The van der Waals surface area contributed by atoms with Gasteiger partial charge < -0.3 is 30.4 Å². The van der Waals surface area contributed by atoms with Crippen LogP contribution in [-0.4, -0.2) is 73.5 Å². The van der Waals surface area contributed by atoms with Gasteiger partial charge in [-0.05, 0) is 79.4 Å². The van der Waals surface area contributed by atoms with E-state index in [1.54, 1.807) is 0 Å². The first-order chi connectivity index (χ1) is 30.6. The Kier molecular flexibility index (Phi) is 13.9. The Morgan fingerprint density at radius 3 is 2.06 bits per heavy atom. The third-order valence-electron chi connectivity index (χ3n) is 10.4. The number of rotatable bonds is 17.